The molecule has 1 aromatic heterocycles. The molecule has 0 amide bonds. The second-order valence-electron chi connectivity index (χ2n) is 3.02. The molecule has 1 atom stereocenters. The molecule has 3 N–H and O–H groups in total. The van der Waals surface area contributed by atoms with E-state index in [1.165, 1.54) is 0 Å². The summed E-state index contributed by atoms with van der Waals surface area (Å²) in [5, 5.41) is 0. The highest BCUT2D eigenvalue weighted by Gasteiger charge is 2.00. The van der Waals surface area contributed by atoms with Gasteiger partial charge in [-0.25, -0.2) is 4.98 Å². The van der Waals surface area contributed by atoms with Crippen molar-refractivity contribution in [3.8, 4) is 0 Å². The SMILES string of the molecule is Cc1cnc(CC(C)N)[nH]c1=O. The van der Waals surface area contributed by atoms with E-state index in [2.05, 4.69) is 9.97 Å². The van der Waals surface area contributed by atoms with Gasteiger partial charge in [0.1, 0.15) is 5.82 Å². The van der Waals surface area contributed by atoms with Crippen LogP contribution in [0.15, 0.2) is 11.0 Å². The molecule has 0 radical (unpaired) electrons. The monoisotopic (exact) mass is 167 g/mol. The van der Waals surface area contributed by atoms with E-state index in [0.717, 1.165) is 0 Å². The molecule has 0 saturated heterocycles. The predicted octanol–water partition coefficient (Wildman–Crippen LogP) is -0.0320. The highest BCUT2D eigenvalue weighted by atomic mass is 16.1. The summed E-state index contributed by atoms with van der Waals surface area (Å²) in [6.45, 7) is 3.60. The van der Waals surface area contributed by atoms with Crippen molar-refractivity contribution in [1.29, 1.82) is 0 Å². The van der Waals surface area contributed by atoms with Crippen molar-refractivity contribution in [1.82, 2.24) is 9.97 Å². The molecule has 0 aliphatic rings. The summed E-state index contributed by atoms with van der Waals surface area (Å²) in [5.41, 5.74) is 6.10. The fourth-order valence-corrected chi connectivity index (χ4v) is 0.904. The lowest BCUT2D eigenvalue weighted by atomic mass is 10.2. The number of aryl methyl sites for hydroxylation is 1. The molecule has 66 valence electrons. The van der Waals surface area contributed by atoms with Crippen LogP contribution in [0.3, 0.4) is 0 Å². The van der Waals surface area contributed by atoms with Crippen LogP contribution >= 0.6 is 0 Å². The smallest absolute Gasteiger partial charge is 0.253 e. The van der Waals surface area contributed by atoms with Crippen molar-refractivity contribution in [2.75, 3.05) is 0 Å². The van der Waals surface area contributed by atoms with Gasteiger partial charge in [-0.1, -0.05) is 0 Å². The van der Waals surface area contributed by atoms with Crippen LogP contribution in [-0.2, 0) is 6.42 Å². The number of aromatic nitrogens is 2. The Morgan fingerprint density at radius 3 is 2.92 bits per heavy atom. The lowest BCUT2D eigenvalue weighted by Gasteiger charge is -2.03. The number of nitrogens with zero attached hydrogens (tertiary/aromatic N) is 1. The van der Waals surface area contributed by atoms with Gasteiger partial charge in [-0.2, -0.15) is 0 Å². The van der Waals surface area contributed by atoms with Crippen LogP contribution in [0.2, 0.25) is 0 Å². The Bertz CT molecular complexity index is 316. The maximum absolute atomic E-state index is 11.1. The third kappa shape index (κ3) is 2.17. The highest BCUT2D eigenvalue weighted by Crippen LogP contribution is 1.91. The molecule has 4 heteroatoms. The van der Waals surface area contributed by atoms with E-state index in [0.29, 0.717) is 17.8 Å². The number of hydrogen-bond acceptors (Lipinski definition) is 3. The Morgan fingerprint density at radius 1 is 1.75 bits per heavy atom. The summed E-state index contributed by atoms with van der Waals surface area (Å²) in [7, 11) is 0. The van der Waals surface area contributed by atoms with Gasteiger partial charge in [-0.15, -0.1) is 0 Å². The molecule has 1 aromatic rings. The fraction of sp³-hybridized carbons (Fsp3) is 0.500. The number of rotatable bonds is 2. The molecule has 0 spiro atoms. The maximum atomic E-state index is 11.1. The Morgan fingerprint density at radius 2 is 2.42 bits per heavy atom. The topological polar surface area (TPSA) is 71.8 Å². The van der Waals surface area contributed by atoms with Gasteiger partial charge in [0.15, 0.2) is 0 Å². The largest absolute Gasteiger partial charge is 0.328 e. The van der Waals surface area contributed by atoms with Gasteiger partial charge in [-0.05, 0) is 13.8 Å². The van der Waals surface area contributed by atoms with Gasteiger partial charge in [0.25, 0.3) is 5.56 Å². The molecule has 0 fully saturated rings. The number of hydrogen-bond donors (Lipinski definition) is 2. The maximum Gasteiger partial charge on any atom is 0.253 e. The van der Waals surface area contributed by atoms with Crippen molar-refractivity contribution < 1.29 is 0 Å². The summed E-state index contributed by atoms with van der Waals surface area (Å²) in [4.78, 5) is 17.8. The van der Waals surface area contributed by atoms with Crippen molar-refractivity contribution in [3.05, 3.63) is 27.9 Å². The van der Waals surface area contributed by atoms with Crippen molar-refractivity contribution in [2.24, 2.45) is 5.73 Å². The molecule has 4 nitrogen and oxygen atoms in total. The Labute approximate surface area is 70.8 Å². The van der Waals surface area contributed by atoms with Crippen LogP contribution in [0.25, 0.3) is 0 Å². The third-order valence-corrected chi connectivity index (χ3v) is 1.55. The number of H-pyrrole nitrogens is 1. The van der Waals surface area contributed by atoms with Crippen LogP contribution in [0.5, 0.6) is 0 Å². The second-order valence-corrected chi connectivity index (χ2v) is 3.02. The van der Waals surface area contributed by atoms with Gasteiger partial charge < -0.3 is 10.7 Å². The van der Waals surface area contributed by atoms with E-state index < -0.39 is 0 Å². The average Bonchev–Trinajstić information content (AvgIpc) is 1.96. The molecule has 0 aromatic carbocycles. The fourth-order valence-electron chi connectivity index (χ4n) is 0.904. The van der Waals surface area contributed by atoms with Crippen LogP contribution in [-0.4, -0.2) is 16.0 Å². The lowest BCUT2D eigenvalue weighted by Crippen LogP contribution is -2.22. The molecule has 1 unspecified atom stereocenters. The van der Waals surface area contributed by atoms with E-state index in [9.17, 15) is 4.79 Å². The summed E-state index contributed by atoms with van der Waals surface area (Å²) >= 11 is 0. The molecular weight excluding hydrogens is 154 g/mol. The number of nitrogens with one attached hydrogen (secondary N) is 1. The first-order valence-corrected chi connectivity index (χ1v) is 3.90. The van der Waals surface area contributed by atoms with Crippen LogP contribution in [0, 0.1) is 6.92 Å². The second kappa shape index (κ2) is 3.49. The zero-order chi connectivity index (χ0) is 9.14. The van der Waals surface area contributed by atoms with Gasteiger partial charge in [-0.3, -0.25) is 4.79 Å². The van der Waals surface area contributed by atoms with Crippen LogP contribution < -0.4 is 11.3 Å². The summed E-state index contributed by atoms with van der Waals surface area (Å²) in [5.74, 6) is 0.653. The van der Waals surface area contributed by atoms with E-state index >= 15 is 0 Å². The third-order valence-electron chi connectivity index (χ3n) is 1.55. The van der Waals surface area contributed by atoms with E-state index in [1.54, 1.807) is 13.1 Å². The first kappa shape index (κ1) is 8.93. The van der Waals surface area contributed by atoms with Crippen molar-refractivity contribution in [3.63, 3.8) is 0 Å². The minimum atomic E-state index is -0.0827. The molecule has 1 rings (SSSR count). The Balaban J connectivity index is 2.90. The van der Waals surface area contributed by atoms with Gasteiger partial charge in [0, 0.05) is 24.2 Å². The molecule has 0 saturated carbocycles. The highest BCUT2D eigenvalue weighted by molar-refractivity contribution is 5.03. The van der Waals surface area contributed by atoms with Gasteiger partial charge >= 0.3 is 0 Å². The lowest BCUT2D eigenvalue weighted by molar-refractivity contribution is 0.697. The number of aromatic amines is 1. The minimum absolute atomic E-state index is 0.0239. The van der Waals surface area contributed by atoms with Crippen molar-refractivity contribution >= 4 is 0 Å². The standard InChI is InChI=1S/C8H13N3O/c1-5-4-10-7(3-6(2)9)11-8(5)12/h4,6H,3,9H2,1-2H3,(H,10,11,12). The van der Waals surface area contributed by atoms with Gasteiger partial charge in [0.2, 0.25) is 0 Å². The normalized spacial score (nSPS) is 12.9. The summed E-state index contributed by atoms with van der Waals surface area (Å²) in [6, 6.07) is 0.0239. The molecular formula is C8H13N3O. The minimum Gasteiger partial charge on any atom is -0.328 e. The zero-order valence-electron chi connectivity index (χ0n) is 7.29. The Hall–Kier alpha value is -1.16. The molecule has 1 heterocycles. The van der Waals surface area contributed by atoms with Gasteiger partial charge in [0.05, 0.1) is 0 Å². The van der Waals surface area contributed by atoms with Crippen LogP contribution in [0.4, 0.5) is 0 Å². The molecule has 0 aliphatic heterocycles. The first-order valence-electron chi connectivity index (χ1n) is 3.90. The molecule has 0 aliphatic carbocycles. The molecule has 0 bridgehead atoms. The van der Waals surface area contributed by atoms with Crippen molar-refractivity contribution in [2.45, 2.75) is 26.3 Å². The number of nitrogens with two attached hydrogens (primary N) is 1. The molecule has 12 heavy (non-hydrogen) atoms. The van der Waals surface area contributed by atoms with E-state index in [-0.39, 0.29) is 11.6 Å². The van der Waals surface area contributed by atoms with E-state index in [1.807, 2.05) is 6.92 Å². The first-order chi connectivity index (χ1) is 5.59. The predicted molar refractivity (Wildman–Crippen MR) is 46.9 cm³/mol. The van der Waals surface area contributed by atoms with Crippen LogP contribution in [0.1, 0.15) is 18.3 Å². The summed E-state index contributed by atoms with van der Waals surface area (Å²) < 4.78 is 0. The quantitative estimate of drug-likeness (QED) is 0.649. The zero-order valence-corrected chi connectivity index (χ0v) is 7.29. The average molecular weight is 167 g/mol. The van der Waals surface area contributed by atoms with E-state index in [4.69, 9.17) is 5.73 Å². The summed E-state index contributed by atoms with van der Waals surface area (Å²) in [6.07, 6.45) is 2.17. The Kier molecular flexibility index (Phi) is 2.60.